The molecular formula is C27H35BN4O6. The summed E-state index contributed by atoms with van der Waals surface area (Å²) in [7, 11) is 1.81. The Hall–Kier alpha value is -3.60. The fourth-order valence-corrected chi connectivity index (χ4v) is 5.99. The van der Waals surface area contributed by atoms with Crippen LogP contribution in [0.25, 0.3) is 0 Å². The Bertz CT molecular complexity index is 1180. The molecule has 3 heterocycles. The molecule has 38 heavy (non-hydrogen) atoms. The second kappa shape index (κ2) is 10.6. The normalized spacial score (nSPS) is 27.8. The lowest BCUT2D eigenvalue weighted by Gasteiger charge is -2.49. The molecule has 1 amide bonds. The number of quaternary nitrogens is 1. The van der Waals surface area contributed by atoms with E-state index in [0.717, 1.165) is 5.56 Å². The van der Waals surface area contributed by atoms with E-state index < -0.39 is 48.5 Å². The molecule has 2 fully saturated rings. The third-order valence-corrected chi connectivity index (χ3v) is 8.30. The second-order valence-corrected chi connectivity index (χ2v) is 11.0. The number of carbonyl (C=O) groups is 4. The lowest BCUT2D eigenvalue weighted by molar-refractivity contribution is -0.840. The first-order valence-corrected chi connectivity index (χ1v) is 13.1. The second-order valence-electron chi connectivity index (χ2n) is 11.0. The first-order valence-electron chi connectivity index (χ1n) is 13.1. The summed E-state index contributed by atoms with van der Waals surface area (Å²) in [6, 6.07) is 7.28. The lowest BCUT2D eigenvalue weighted by atomic mass is 9.51. The topological polar surface area (TPSA) is 125 Å². The molecular weight excluding hydrogens is 487 g/mol. The van der Waals surface area contributed by atoms with Crippen LogP contribution in [0.1, 0.15) is 56.6 Å². The molecule has 2 saturated heterocycles. The minimum absolute atomic E-state index is 0.0162. The van der Waals surface area contributed by atoms with E-state index in [1.807, 2.05) is 44.2 Å². The summed E-state index contributed by atoms with van der Waals surface area (Å²) in [4.78, 5) is 60.6. The molecule has 10 nitrogen and oxygen atoms in total. The van der Waals surface area contributed by atoms with E-state index in [1.165, 1.54) is 18.6 Å². The molecule has 1 N–H and O–H groups in total. The molecule has 11 heteroatoms. The number of ketones is 1. The van der Waals surface area contributed by atoms with Crippen molar-refractivity contribution < 1.29 is 32.9 Å². The predicted molar refractivity (Wildman–Crippen MR) is 139 cm³/mol. The van der Waals surface area contributed by atoms with E-state index in [2.05, 4.69) is 15.3 Å². The zero-order valence-corrected chi connectivity index (χ0v) is 22.5. The van der Waals surface area contributed by atoms with Gasteiger partial charge in [-0.1, -0.05) is 50.6 Å². The van der Waals surface area contributed by atoms with Gasteiger partial charge in [-0.2, -0.15) is 0 Å². The van der Waals surface area contributed by atoms with Gasteiger partial charge < -0.3 is 19.0 Å². The van der Waals surface area contributed by atoms with Crippen molar-refractivity contribution >= 4 is 30.3 Å². The summed E-state index contributed by atoms with van der Waals surface area (Å²) in [6.07, 6.45) is 4.93. The Labute approximate surface area is 222 Å². The van der Waals surface area contributed by atoms with E-state index in [1.54, 1.807) is 20.9 Å². The highest BCUT2D eigenvalue weighted by atomic mass is 16.7. The van der Waals surface area contributed by atoms with Crippen LogP contribution in [-0.2, 0) is 30.1 Å². The SMILES string of the molecule is CC(C)C[C@H](CC(=O)[C@H](Cc1ccccc1)NC(=O)c1cnccn1)[B-]12OC(=O)[C@@H](C)[N+]1(C)[C@@H](C)C(=O)O2. The molecule has 2 aromatic rings. The third kappa shape index (κ3) is 4.82. The molecule has 1 aromatic heterocycles. The fourth-order valence-electron chi connectivity index (χ4n) is 5.99. The molecule has 4 rings (SSSR count). The van der Waals surface area contributed by atoms with Crippen molar-refractivity contribution in [3.8, 4) is 0 Å². The Morgan fingerprint density at radius 2 is 1.68 bits per heavy atom. The van der Waals surface area contributed by atoms with Crippen LogP contribution in [0.2, 0.25) is 5.82 Å². The largest absolute Gasteiger partial charge is 0.600 e. The number of nitrogens with one attached hydrogen (secondary N) is 1. The minimum Gasteiger partial charge on any atom is -0.600 e. The number of fused-ring (bicyclic) bond motifs is 1. The number of Topliss-reactive ketones (excluding diaryl/α,β-unsaturated/α-hetero) is 1. The van der Waals surface area contributed by atoms with Crippen LogP contribution < -0.4 is 5.32 Å². The summed E-state index contributed by atoms with van der Waals surface area (Å²) in [6.45, 7) is 4.98. The highest BCUT2D eigenvalue weighted by Gasteiger charge is 2.74. The molecule has 0 bridgehead atoms. The first-order chi connectivity index (χ1) is 18.0. The molecule has 1 aromatic carbocycles. The number of likely N-dealkylation sites (N-methyl/N-ethyl adjacent to an activating group) is 1. The van der Waals surface area contributed by atoms with E-state index in [0.29, 0.717) is 6.42 Å². The Morgan fingerprint density at radius 1 is 1.05 bits per heavy atom. The van der Waals surface area contributed by atoms with E-state index in [9.17, 15) is 19.2 Å². The zero-order chi connectivity index (χ0) is 27.7. The number of nitrogens with zero attached hydrogens (tertiary/aromatic N) is 3. The molecule has 2 unspecified atom stereocenters. The van der Waals surface area contributed by atoms with Crippen LogP contribution in [0, 0.1) is 5.92 Å². The van der Waals surface area contributed by atoms with Crippen LogP contribution in [0.3, 0.4) is 0 Å². The molecule has 2 aliphatic heterocycles. The van der Waals surface area contributed by atoms with E-state index in [-0.39, 0.29) is 34.6 Å². The third-order valence-electron chi connectivity index (χ3n) is 8.30. The number of amides is 1. The predicted octanol–water partition coefficient (Wildman–Crippen LogP) is 2.47. The summed E-state index contributed by atoms with van der Waals surface area (Å²) in [5, 5.41) is 2.83. The van der Waals surface area contributed by atoms with Crippen LogP contribution in [0.15, 0.2) is 48.9 Å². The number of carbonyl (C=O) groups excluding carboxylic acids is 4. The monoisotopic (exact) mass is 522 g/mol. The van der Waals surface area contributed by atoms with Crippen LogP contribution in [-0.4, -0.2) is 69.9 Å². The Kier molecular flexibility index (Phi) is 7.69. The molecule has 0 aliphatic carbocycles. The van der Waals surface area contributed by atoms with Crippen LogP contribution >= 0.6 is 0 Å². The molecule has 6 atom stereocenters. The maximum atomic E-state index is 14.0. The van der Waals surface area contributed by atoms with Gasteiger partial charge in [0, 0.05) is 19.4 Å². The summed E-state index contributed by atoms with van der Waals surface area (Å²) >= 11 is 0. The van der Waals surface area contributed by atoms with Crippen molar-refractivity contribution in [1.82, 2.24) is 15.3 Å². The first kappa shape index (κ1) is 27.4. The molecule has 0 spiro atoms. The Morgan fingerprint density at radius 3 is 2.24 bits per heavy atom. The minimum atomic E-state index is -2.50. The molecule has 0 saturated carbocycles. The maximum Gasteiger partial charge on any atom is 0.587 e. The fraction of sp³-hybridized carbons (Fsp3) is 0.481. The molecule has 202 valence electrons. The summed E-state index contributed by atoms with van der Waals surface area (Å²) in [5.41, 5.74) is 0.970. The molecule has 2 aliphatic rings. The van der Waals surface area contributed by atoms with E-state index >= 15 is 0 Å². The van der Waals surface area contributed by atoms with Gasteiger partial charge in [0.1, 0.15) is 17.8 Å². The van der Waals surface area contributed by atoms with Gasteiger partial charge in [0.15, 0.2) is 5.78 Å². The van der Waals surface area contributed by atoms with Gasteiger partial charge in [-0.05, 0) is 44.0 Å². The van der Waals surface area contributed by atoms with Crippen molar-refractivity contribution in [2.24, 2.45) is 5.92 Å². The van der Waals surface area contributed by atoms with Gasteiger partial charge in [0.2, 0.25) is 0 Å². The quantitative estimate of drug-likeness (QED) is 0.472. The Balaban J connectivity index is 1.67. The standard InChI is InChI=1S/C27H35BN4O6/c1-17(2)13-21(28-32(5,18(3)26(35)37-28)19(4)27(36)38-28)15-24(33)22(14-20-9-7-6-8-10-20)31-25(34)23-16-29-11-12-30-23/h6-12,16-19,21-22H,13-15H2,1-5H3,(H,31,34)/t18-,19+,21-,22+,28?,32?/m1/s1. The van der Waals surface area contributed by atoms with Crippen molar-refractivity contribution in [2.45, 2.75) is 70.9 Å². The zero-order valence-electron chi connectivity index (χ0n) is 22.5. The van der Waals surface area contributed by atoms with Crippen molar-refractivity contribution in [1.29, 1.82) is 0 Å². The van der Waals surface area contributed by atoms with Gasteiger partial charge in [0.05, 0.1) is 12.2 Å². The van der Waals surface area contributed by atoms with Gasteiger partial charge in [-0.25, -0.2) is 14.6 Å². The summed E-state index contributed by atoms with van der Waals surface area (Å²) < 4.78 is 11.9. The number of hydrogen-bond donors (Lipinski definition) is 1. The van der Waals surface area contributed by atoms with E-state index in [4.69, 9.17) is 9.31 Å². The maximum absolute atomic E-state index is 14.0. The number of rotatable bonds is 10. The van der Waals surface area contributed by atoms with Gasteiger partial charge in [-0.15, -0.1) is 0 Å². The van der Waals surface area contributed by atoms with Crippen LogP contribution in [0.5, 0.6) is 0 Å². The highest BCUT2D eigenvalue weighted by Crippen LogP contribution is 2.50. The average Bonchev–Trinajstić information content (AvgIpc) is 3.21. The average molecular weight is 522 g/mol. The van der Waals surface area contributed by atoms with Gasteiger partial charge in [0.25, 0.3) is 5.91 Å². The van der Waals surface area contributed by atoms with Gasteiger partial charge in [-0.3, -0.25) is 14.6 Å². The van der Waals surface area contributed by atoms with Crippen molar-refractivity contribution in [3.63, 3.8) is 0 Å². The number of aromatic nitrogens is 2. The molecule has 0 radical (unpaired) electrons. The number of hydrogen-bond acceptors (Lipinski definition) is 8. The lowest BCUT2D eigenvalue weighted by Crippen LogP contribution is -2.68. The van der Waals surface area contributed by atoms with Crippen molar-refractivity contribution in [3.05, 3.63) is 60.2 Å². The smallest absolute Gasteiger partial charge is 0.587 e. The van der Waals surface area contributed by atoms with Gasteiger partial charge >= 0.3 is 18.6 Å². The van der Waals surface area contributed by atoms with Crippen LogP contribution in [0.4, 0.5) is 0 Å². The summed E-state index contributed by atoms with van der Waals surface area (Å²) in [5.74, 6) is -2.06. The number of benzene rings is 1. The highest BCUT2D eigenvalue weighted by molar-refractivity contribution is 6.68. The van der Waals surface area contributed by atoms with Crippen molar-refractivity contribution in [2.75, 3.05) is 7.05 Å².